The zero-order valence-electron chi connectivity index (χ0n) is 10.9. The molecular weight excluding hydrogens is 216 g/mol. The minimum atomic E-state index is -0.379. The fraction of sp³-hybridized carbons (Fsp3) is 0.692. The summed E-state index contributed by atoms with van der Waals surface area (Å²) < 4.78 is 0. The van der Waals surface area contributed by atoms with Gasteiger partial charge in [0.05, 0.1) is 12.5 Å². The van der Waals surface area contributed by atoms with E-state index in [1.165, 1.54) is 4.90 Å². The van der Waals surface area contributed by atoms with E-state index in [4.69, 9.17) is 0 Å². The Bertz CT molecular complexity index is 311. The Labute approximate surface area is 103 Å². The zero-order chi connectivity index (χ0) is 13.0. The first kappa shape index (κ1) is 13.9. The predicted octanol–water partition coefficient (Wildman–Crippen LogP) is 1.47. The number of carbonyl (C=O) groups excluding carboxylic acids is 2. The SMILES string of the molecule is C=CC(C)NC1CC(=O)N(C(CC)CC)C1=O. The third-order valence-corrected chi connectivity index (χ3v) is 3.31. The zero-order valence-corrected chi connectivity index (χ0v) is 10.9. The molecule has 4 nitrogen and oxygen atoms in total. The van der Waals surface area contributed by atoms with Crippen molar-refractivity contribution in [3.05, 3.63) is 12.7 Å². The lowest BCUT2D eigenvalue weighted by Gasteiger charge is -2.24. The molecule has 1 rings (SSSR count). The first-order chi connectivity index (χ1) is 8.04. The summed E-state index contributed by atoms with van der Waals surface area (Å²) in [6, 6.07) is -0.296. The van der Waals surface area contributed by atoms with Crippen LogP contribution in [0.1, 0.15) is 40.0 Å². The average Bonchev–Trinajstić information content (AvgIpc) is 2.58. The molecule has 1 heterocycles. The van der Waals surface area contributed by atoms with Gasteiger partial charge in [0.25, 0.3) is 0 Å². The Balaban J connectivity index is 2.74. The highest BCUT2D eigenvalue weighted by Crippen LogP contribution is 2.20. The maximum absolute atomic E-state index is 12.1. The summed E-state index contributed by atoms with van der Waals surface area (Å²) >= 11 is 0. The molecule has 0 aromatic carbocycles. The normalized spacial score (nSPS) is 22.4. The van der Waals surface area contributed by atoms with Gasteiger partial charge < -0.3 is 0 Å². The third-order valence-electron chi connectivity index (χ3n) is 3.31. The van der Waals surface area contributed by atoms with E-state index in [1.54, 1.807) is 6.08 Å². The molecule has 1 aliphatic rings. The average molecular weight is 238 g/mol. The van der Waals surface area contributed by atoms with Crippen molar-refractivity contribution in [1.82, 2.24) is 10.2 Å². The van der Waals surface area contributed by atoms with Gasteiger partial charge in [0.1, 0.15) is 0 Å². The summed E-state index contributed by atoms with van der Waals surface area (Å²) in [5, 5.41) is 3.11. The molecule has 0 saturated carbocycles. The van der Waals surface area contributed by atoms with Gasteiger partial charge in [-0.2, -0.15) is 0 Å². The smallest absolute Gasteiger partial charge is 0.247 e. The Hall–Kier alpha value is -1.16. The van der Waals surface area contributed by atoms with E-state index in [0.717, 1.165) is 12.8 Å². The minimum Gasteiger partial charge on any atom is -0.299 e. The molecule has 4 heteroatoms. The number of imide groups is 1. The molecule has 1 N–H and O–H groups in total. The molecule has 0 bridgehead atoms. The largest absolute Gasteiger partial charge is 0.299 e. The molecule has 0 aliphatic carbocycles. The molecule has 0 aromatic heterocycles. The molecule has 96 valence electrons. The van der Waals surface area contributed by atoms with Gasteiger partial charge in [-0.3, -0.25) is 19.8 Å². The van der Waals surface area contributed by atoms with Crippen LogP contribution in [0.5, 0.6) is 0 Å². The van der Waals surface area contributed by atoms with Crippen molar-refractivity contribution in [3.63, 3.8) is 0 Å². The van der Waals surface area contributed by atoms with Crippen molar-refractivity contribution in [2.45, 2.75) is 58.2 Å². The highest BCUT2D eigenvalue weighted by atomic mass is 16.2. The van der Waals surface area contributed by atoms with Crippen molar-refractivity contribution in [1.29, 1.82) is 0 Å². The maximum atomic E-state index is 12.1. The second kappa shape index (κ2) is 5.96. The summed E-state index contributed by atoms with van der Waals surface area (Å²) in [5.41, 5.74) is 0. The number of hydrogen-bond acceptors (Lipinski definition) is 3. The fourth-order valence-corrected chi connectivity index (χ4v) is 2.20. The van der Waals surface area contributed by atoms with Crippen molar-refractivity contribution >= 4 is 11.8 Å². The molecular formula is C13H22N2O2. The van der Waals surface area contributed by atoms with Crippen LogP contribution in [0.2, 0.25) is 0 Å². The molecule has 1 saturated heterocycles. The number of hydrogen-bond donors (Lipinski definition) is 1. The van der Waals surface area contributed by atoms with Crippen molar-refractivity contribution in [3.8, 4) is 0 Å². The Morgan fingerprint density at radius 1 is 1.47 bits per heavy atom. The Morgan fingerprint density at radius 3 is 2.53 bits per heavy atom. The standard InChI is InChI=1S/C13H22N2O2/c1-5-9(4)14-11-8-12(16)15(13(11)17)10(6-2)7-3/h5,9-11,14H,1,6-8H2,2-4H3. The minimum absolute atomic E-state index is 0.0402. The summed E-state index contributed by atoms with van der Waals surface area (Å²) in [6.45, 7) is 9.59. The first-order valence-corrected chi connectivity index (χ1v) is 6.29. The Morgan fingerprint density at radius 2 is 2.06 bits per heavy atom. The van der Waals surface area contributed by atoms with E-state index in [1.807, 2.05) is 20.8 Å². The number of amides is 2. The molecule has 0 aromatic rings. The van der Waals surface area contributed by atoms with Crippen LogP contribution >= 0.6 is 0 Å². The molecule has 2 atom stereocenters. The van der Waals surface area contributed by atoms with Gasteiger partial charge in [-0.05, 0) is 19.8 Å². The second-order valence-electron chi connectivity index (χ2n) is 4.52. The van der Waals surface area contributed by atoms with Crippen molar-refractivity contribution < 1.29 is 9.59 Å². The van der Waals surface area contributed by atoms with Crippen molar-refractivity contribution in [2.75, 3.05) is 0 Å². The molecule has 1 aliphatic heterocycles. The molecule has 2 unspecified atom stereocenters. The van der Waals surface area contributed by atoms with E-state index in [9.17, 15) is 9.59 Å². The highest BCUT2D eigenvalue weighted by Gasteiger charge is 2.41. The monoisotopic (exact) mass is 238 g/mol. The first-order valence-electron chi connectivity index (χ1n) is 6.29. The molecule has 2 amide bonds. The molecule has 17 heavy (non-hydrogen) atoms. The highest BCUT2D eigenvalue weighted by molar-refractivity contribution is 6.05. The second-order valence-corrected chi connectivity index (χ2v) is 4.52. The van der Waals surface area contributed by atoms with E-state index in [0.29, 0.717) is 0 Å². The van der Waals surface area contributed by atoms with Gasteiger partial charge in [0.15, 0.2) is 0 Å². The van der Waals surface area contributed by atoms with E-state index in [2.05, 4.69) is 11.9 Å². The van der Waals surface area contributed by atoms with Crippen molar-refractivity contribution in [2.24, 2.45) is 0 Å². The molecule has 0 spiro atoms. The van der Waals surface area contributed by atoms with Crippen LogP contribution in [0.4, 0.5) is 0 Å². The van der Waals surface area contributed by atoms with Gasteiger partial charge in [0.2, 0.25) is 11.8 Å². The molecule has 1 fully saturated rings. The van der Waals surface area contributed by atoms with Gasteiger partial charge in [0, 0.05) is 12.1 Å². The quantitative estimate of drug-likeness (QED) is 0.563. The molecule has 0 radical (unpaired) electrons. The van der Waals surface area contributed by atoms with E-state index >= 15 is 0 Å². The fourth-order valence-electron chi connectivity index (χ4n) is 2.20. The summed E-state index contributed by atoms with van der Waals surface area (Å²) in [5.74, 6) is -0.144. The number of carbonyl (C=O) groups is 2. The maximum Gasteiger partial charge on any atom is 0.247 e. The summed E-state index contributed by atoms with van der Waals surface area (Å²) in [4.78, 5) is 25.4. The van der Waals surface area contributed by atoms with E-state index in [-0.39, 0.29) is 36.4 Å². The van der Waals surface area contributed by atoms with Crippen LogP contribution in [0.15, 0.2) is 12.7 Å². The summed E-state index contributed by atoms with van der Waals surface area (Å²) in [6.07, 6.45) is 3.64. The summed E-state index contributed by atoms with van der Waals surface area (Å²) in [7, 11) is 0. The van der Waals surface area contributed by atoms with Gasteiger partial charge >= 0.3 is 0 Å². The lowest BCUT2D eigenvalue weighted by molar-refractivity contribution is -0.141. The number of rotatable bonds is 6. The van der Waals surface area contributed by atoms with Gasteiger partial charge in [-0.1, -0.05) is 19.9 Å². The lowest BCUT2D eigenvalue weighted by atomic mass is 10.1. The number of likely N-dealkylation sites (tertiary alicyclic amines) is 1. The topological polar surface area (TPSA) is 49.4 Å². The van der Waals surface area contributed by atoms with Gasteiger partial charge in [-0.25, -0.2) is 0 Å². The van der Waals surface area contributed by atoms with Gasteiger partial charge in [-0.15, -0.1) is 6.58 Å². The number of nitrogens with one attached hydrogen (secondary N) is 1. The van der Waals surface area contributed by atoms with E-state index < -0.39 is 0 Å². The van der Waals surface area contributed by atoms with Crippen LogP contribution in [0, 0.1) is 0 Å². The Kier molecular flexibility index (Phi) is 4.87. The van der Waals surface area contributed by atoms with Crippen LogP contribution in [0.3, 0.4) is 0 Å². The lowest BCUT2D eigenvalue weighted by Crippen LogP contribution is -2.45. The number of nitrogens with zero attached hydrogens (tertiary/aromatic N) is 1. The van der Waals surface area contributed by atoms with Crippen LogP contribution in [-0.4, -0.2) is 34.8 Å². The van der Waals surface area contributed by atoms with Crippen LogP contribution < -0.4 is 5.32 Å². The third kappa shape index (κ3) is 2.94. The van der Waals surface area contributed by atoms with Crippen LogP contribution in [-0.2, 0) is 9.59 Å². The van der Waals surface area contributed by atoms with Crippen LogP contribution in [0.25, 0.3) is 0 Å². The predicted molar refractivity (Wildman–Crippen MR) is 67.4 cm³/mol.